The minimum Gasteiger partial charge on any atom is -0.312 e. The lowest BCUT2D eigenvalue weighted by atomic mass is 10.0. The summed E-state index contributed by atoms with van der Waals surface area (Å²) in [4.78, 5) is 6.32. The Bertz CT molecular complexity index is 495. The Morgan fingerprint density at radius 3 is 2.79 bits per heavy atom. The standard InChI is InChI=1S/C16H20N2S/c1-2-6-13(7-3-1)12-17-11-10-16-18-14-8-4-5-9-15(14)19-16/h1-3,6-7,17H,4-5,8-12H2. The van der Waals surface area contributed by atoms with Gasteiger partial charge in [-0.2, -0.15) is 0 Å². The molecule has 0 aliphatic heterocycles. The smallest absolute Gasteiger partial charge is 0.0943 e. The Morgan fingerprint density at radius 2 is 1.95 bits per heavy atom. The van der Waals surface area contributed by atoms with E-state index >= 15 is 0 Å². The Hall–Kier alpha value is -1.19. The summed E-state index contributed by atoms with van der Waals surface area (Å²) >= 11 is 1.93. The van der Waals surface area contributed by atoms with E-state index in [9.17, 15) is 0 Å². The number of hydrogen-bond donors (Lipinski definition) is 1. The predicted octanol–water partition coefficient (Wildman–Crippen LogP) is 3.35. The van der Waals surface area contributed by atoms with Crippen molar-refractivity contribution in [2.24, 2.45) is 0 Å². The quantitative estimate of drug-likeness (QED) is 0.844. The van der Waals surface area contributed by atoms with E-state index in [4.69, 9.17) is 4.98 Å². The molecule has 0 saturated heterocycles. The molecule has 1 N–H and O–H groups in total. The van der Waals surface area contributed by atoms with Crippen molar-refractivity contribution in [2.75, 3.05) is 6.54 Å². The minimum atomic E-state index is 0.950. The van der Waals surface area contributed by atoms with Crippen LogP contribution in [-0.4, -0.2) is 11.5 Å². The zero-order chi connectivity index (χ0) is 12.9. The molecule has 1 aliphatic carbocycles. The molecule has 1 aliphatic rings. The van der Waals surface area contributed by atoms with Crippen molar-refractivity contribution in [3.63, 3.8) is 0 Å². The molecule has 0 spiro atoms. The van der Waals surface area contributed by atoms with Gasteiger partial charge in [0.25, 0.3) is 0 Å². The van der Waals surface area contributed by atoms with Crippen LogP contribution < -0.4 is 5.32 Å². The fourth-order valence-electron chi connectivity index (χ4n) is 2.54. The Labute approximate surface area is 118 Å². The van der Waals surface area contributed by atoms with Gasteiger partial charge in [-0.3, -0.25) is 0 Å². The lowest BCUT2D eigenvalue weighted by Crippen LogP contribution is -2.16. The number of hydrogen-bond acceptors (Lipinski definition) is 3. The first-order chi connectivity index (χ1) is 9.42. The Balaban J connectivity index is 1.46. The number of thiazole rings is 1. The van der Waals surface area contributed by atoms with Crippen LogP contribution >= 0.6 is 11.3 Å². The van der Waals surface area contributed by atoms with Crippen LogP contribution in [0.4, 0.5) is 0 Å². The molecule has 0 saturated carbocycles. The first kappa shape index (κ1) is 12.8. The third-order valence-electron chi connectivity index (χ3n) is 3.58. The summed E-state index contributed by atoms with van der Waals surface area (Å²) in [5, 5.41) is 4.81. The van der Waals surface area contributed by atoms with Gasteiger partial charge in [-0.25, -0.2) is 4.98 Å². The predicted molar refractivity (Wildman–Crippen MR) is 80.6 cm³/mol. The van der Waals surface area contributed by atoms with Crippen molar-refractivity contribution < 1.29 is 0 Å². The molecule has 1 aromatic heterocycles. The molecular formula is C16H20N2S. The van der Waals surface area contributed by atoms with E-state index in [1.54, 1.807) is 4.88 Å². The van der Waals surface area contributed by atoms with Gasteiger partial charge in [0.1, 0.15) is 0 Å². The number of nitrogens with one attached hydrogen (secondary N) is 1. The van der Waals surface area contributed by atoms with E-state index in [2.05, 4.69) is 35.6 Å². The van der Waals surface area contributed by atoms with E-state index in [1.807, 2.05) is 11.3 Å². The monoisotopic (exact) mass is 272 g/mol. The van der Waals surface area contributed by atoms with Crippen molar-refractivity contribution in [1.29, 1.82) is 0 Å². The highest BCUT2D eigenvalue weighted by molar-refractivity contribution is 7.11. The van der Waals surface area contributed by atoms with E-state index in [0.717, 1.165) is 19.5 Å². The van der Waals surface area contributed by atoms with Gasteiger partial charge in [-0.15, -0.1) is 11.3 Å². The zero-order valence-electron chi connectivity index (χ0n) is 11.2. The summed E-state index contributed by atoms with van der Waals surface area (Å²) in [6.45, 7) is 1.97. The summed E-state index contributed by atoms with van der Waals surface area (Å²) in [5.41, 5.74) is 2.73. The molecule has 100 valence electrons. The molecule has 1 aromatic carbocycles. The molecular weight excluding hydrogens is 252 g/mol. The van der Waals surface area contributed by atoms with Crippen LogP contribution in [0.3, 0.4) is 0 Å². The lowest BCUT2D eigenvalue weighted by molar-refractivity contribution is 0.670. The van der Waals surface area contributed by atoms with Crippen LogP contribution in [0.15, 0.2) is 30.3 Å². The van der Waals surface area contributed by atoms with Crippen molar-refractivity contribution in [3.8, 4) is 0 Å². The highest BCUT2D eigenvalue weighted by Crippen LogP contribution is 2.26. The normalized spacial score (nSPS) is 14.3. The maximum atomic E-state index is 4.77. The Morgan fingerprint density at radius 1 is 1.11 bits per heavy atom. The molecule has 2 aromatic rings. The van der Waals surface area contributed by atoms with Crippen molar-refractivity contribution in [2.45, 2.75) is 38.6 Å². The fourth-order valence-corrected chi connectivity index (χ4v) is 3.69. The SMILES string of the molecule is c1ccc(CNCCc2nc3c(s2)CCCC3)cc1. The third kappa shape index (κ3) is 3.43. The van der Waals surface area contributed by atoms with Gasteiger partial charge in [0, 0.05) is 24.4 Å². The first-order valence-electron chi connectivity index (χ1n) is 7.14. The highest BCUT2D eigenvalue weighted by Gasteiger charge is 2.14. The van der Waals surface area contributed by atoms with Crippen molar-refractivity contribution in [3.05, 3.63) is 51.5 Å². The number of aryl methyl sites for hydroxylation is 2. The molecule has 3 heteroatoms. The average molecular weight is 272 g/mol. The van der Waals surface area contributed by atoms with Crippen molar-refractivity contribution in [1.82, 2.24) is 10.3 Å². The van der Waals surface area contributed by atoms with Crippen molar-refractivity contribution >= 4 is 11.3 Å². The van der Waals surface area contributed by atoms with Gasteiger partial charge in [0.15, 0.2) is 0 Å². The highest BCUT2D eigenvalue weighted by atomic mass is 32.1. The Kier molecular flexibility index (Phi) is 4.26. The summed E-state index contributed by atoms with van der Waals surface area (Å²) in [5.74, 6) is 0. The second-order valence-corrected chi connectivity index (χ2v) is 6.27. The van der Waals surface area contributed by atoms with Gasteiger partial charge in [0.2, 0.25) is 0 Å². The van der Waals surface area contributed by atoms with Gasteiger partial charge in [0.05, 0.1) is 10.7 Å². The molecule has 0 radical (unpaired) electrons. The zero-order valence-corrected chi connectivity index (χ0v) is 12.0. The summed E-state index contributed by atoms with van der Waals surface area (Å²) < 4.78 is 0. The van der Waals surface area contributed by atoms with Crippen LogP contribution in [0.25, 0.3) is 0 Å². The summed E-state index contributed by atoms with van der Waals surface area (Å²) in [6.07, 6.45) is 6.18. The van der Waals surface area contributed by atoms with Gasteiger partial charge in [-0.05, 0) is 31.2 Å². The van der Waals surface area contributed by atoms with Crippen LogP contribution in [0.5, 0.6) is 0 Å². The molecule has 0 fully saturated rings. The minimum absolute atomic E-state index is 0.950. The number of fused-ring (bicyclic) bond motifs is 1. The second-order valence-electron chi connectivity index (χ2n) is 5.10. The number of rotatable bonds is 5. The van der Waals surface area contributed by atoms with E-state index in [1.165, 1.54) is 41.9 Å². The molecule has 0 amide bonds. The summed E-state index contributed by atoms with van der Waals surface area (Å²) in [6, 6.07) is 10.6. The molecule has 1 heterocycles. The van der Waals surface area contributed by atoms with E-state index < -0.39 is 0 Å². The van der Waals surface area contributed by atoms with Crippen LogP contribution in [0.2, 0.25) is 0 Å². The topological polar surface area (TPSA) is 24.9 Å². The van der Waals surface area contributed by atoms with E-state index in [-0.39, 0.29) is 0 Å². The largest absolute Gasteiger partial charge is 0.312 e. The van der Waals surface area contributed by atoms with Crippen LogP contribution in [-0.2, 0) is 25.8 Å². The second kappa shape index (κ2) is 6.31. The summed E-state index contributed by atoms with van der Waals surface area (Å²) in [7, 11) is 0. The fraction of sp³-hybridized carbons (Fsp3) is 0.438. The molecule has 19 heavy (non-hydrogen) atoms. The maximum absolute atomic E-state index is 4.77. The van der Waals surface area contributed by atoms with Crippen LogP contribution in [0.1, 0.15) is 34.0 Å². The molecule has 0 unspecified atom stereocenters. The maximum Gasteiger partial charge on any atom is 0.0943 e. The number of aromatic nitrogens is 1. The molecule has 3 rings (SSSR count). The van der Waals surface area contributed by atoms with Crippen LogP contribution in [0, 0.1) is 0 Å². The molecule has 0 atom stereocenters. The number of nitrogens with zero attached hydrogens (tertiary/aromatic N) is 1. The van der Waals surface area contributed by atoms with Gasteiger partial charge < -0.3 is 5.32 Å². The lowest BCUT2D eigenvalue weighted by Gasteiger charge is -2.06. The first-order valence-corrected chi connectivity index (χ1v) is 7.95. The molecule has 2 nitrogen and oxygen atoms in total. The van der Waals surface area contributed by atoms with E-state index in [0.29, 0.717) is 0 Å². The van der Waals surface area contributed by atoms with Gasteiger partial charge >= 0.3 is 0 Å². The molecule has 0 bridgehead atoms. The van der Waals surface area contributed by atoms with Gasteiger partial charge in [-0.1, -0.05) is 30.3 Å². The average Bonchev–Trinajstić information content (AvgIpc) is 2.87. The number of benzene rings is 1. The third-order valence-corrected chi connectivity index (χ3v) is 4.79.